The summed E-state index contributed by atoms with van der Waals surface area (Å²) in [7, 11) is 1.63. The molecule has 1 amide bonds. The molecule has 0 aliphatic carbocycles. The van der Waals surface area contributed by atoms with Crippen LogP contribution in [0.3, 0.4) is 0 Å². The molecular weight excluding hydrogens is 274 g/mol. The van der Waals surface area contributed by atoms with Crippen molar-refractivity contribution in [1.29, 1.82) is 0 Å². The molecule has 5 heteroatoms. The van der Waals surface area contributed by atoms with Crippen molar-refractivity contribution in [3.05, 3.63) is 48.4 Å². The van der Waals surface area contributed by atoms with E-state index < -0.39 is 0 Å². The van der Waals surface area contributed by atoms with Gasteiger partial charge < -0.3 is 14.5 Å². The number of nitrogens with one attached hydrogen (secondary N) is 1. The van der Waals surface area contributed by atoms with Gasteiger partial charge in [-0.2, -0.15) is 0 Å². The minimum atomic E-state index is -0.183. The van der Waals surface area contributed by atoms with Gasteiger partial charge >= 0.3 is 0 Å². The van der Waals surface area contributed by atoms with Crippen molar-refractivity contribution in [3.63, 3.8) is 0 Å². The van der Waals surface area contributed by atoms with E-state index in [2.05, 4.69) is 5.32 Å². The van der Waals surface area contributed by atoms with Gasteiger partial charge in [-0.15, -0.1) is 11.8 Å². The van der Waals surface area contributed by atoms with E-state index in [1.807, 2.05) is 37.3 Å². The molecule has 2 aromatic rings. The molecule has 0 fully saturated rings. The standard InChI is InChI=1S/C15H17NO3S/c1-11(15(17)16-10-13-6-4-8-19-13)20-14-7-3-5-12(9-14)18-2/h3-9,11H,10H2,1-2H3,(H,16,17)/t11-/m0/s1. The zero-order chi connectivity index (χ0) is 14.4. The van der Waals surface area contributed by atoms with Gasteiger partial charge in [0.05, 0.1) is 25.2 Å². The Hall–Kier alpha value is -1.88. The summed E-state index contributed by atoms with van der Waals surface area (Å²) in [5.74, 6) is 1.52. The van der Waals surface area contributed by atoms with Crippen LogP contribution >= 0.6 is 11.8 Å². The first-order valence-corrected chi connectivity index (χ1v) is 7.18. The quantitative estimate of drug-likeness (QED) is 0.831. The zero-order valence-corrected chi connectivity index (χ0v) is 12.3. The topological polar surface area (TPSA) is 51.5 Å². The molecule has 0 spiro atoms. The van der Waals surface area contributed by atoms with Crippen LogP contribution in [0, 0.1) is 0 Å². The molecule has 0 aliphatic rings. The van der Waals surface area contributed by atoms with Crippen LogP contribution in [0.15, 0.2) is 52.0 Å². The van der Waals surface area contributed by atoms with Gasteiger partial charge in [0.1, 0.15) is 11.5 Å². The van der Waals surface area contributed by atoms with Gasteiger partial charge in [0.25, 0.3) is 0 Å². The Bertz CT molecular complexity index is 554. The maximum atomic E-state index is 12.0. The molecule has 1 N–H and O–H groups in total. The number of methoxy groups -OCH3 is 1. The van der Waals surface area contributed by atoms with Crippen molar-refractivity contribution in [3.8, 4) is 5.75 Å². The third-order valence-corrected chi connectivity index (χ3v) is 3.83. The molecule has 0 saturated heterocycles. The number of furan rings is 1. The molecule has 0 radical (unpaired) electrons. The minimum Gasteiger partial charge on any atom is -0.497 e. The second kappa shape index (κ2) is 7.05. The highest BCUT2D eigenvalue weighted by Gasteiger charge is 2.14. The van der Waals surface area contributed by atoms with Crippen molar-refractivity contribution in [1.82, 2.24) is 5.32 Å². The first kappa shape index (κ1) is 14.5. The highest BCUT2D eigenvalue weighted by Crippen LogP contribution is 2.26. The Labute approximate surface area is 122 Å². The summed E-state index contributed by atoms with van der Waals surface area (Å²) in [4.78, 5) is 13.0. The summed E-state index contributed by atoms with van der Waals surface area (Å²) in [5, 5.41) is 2.67. The Morgan fingerprint density at radius 2 is 2.25 bits per heavy atom. The third-order valence-electron chi connectivity index (χ3n) is 2.74. The molecule has 0 unspecified atom stereocenters. The lowest BCUT2D eigenvalue weighted by Gasteiger charge is -2.11. The molecule has 1 aromatic carbocycles. The fourth-order valence-corrected chi connectivity index (χ4v) is 2.60. The largest absolute Gasteiger partial charge is 0.497 e. The van der Waals surface area contributed by atoms with Gasteiger partial charge in [0.15, 0.2) is 0 Å². The van der Waals surface area contributed by atoms with Gasteiger partial charge in [0.2, 0.25) is 5.91 Å². The SMILES string of the molecule is COc1cccc(S[C@@H](C)C(=O)NCc2ccco2)c1. The van der Waals surface area contributed by atoms with E-state index >= 15 is 0 Å². The van der Waals surface area contributed by atoms with Crippen molar-refractivity contribution in [2.45, 2.75) is 23.6 Å². The van der Waals surface area contributed by atoms with Gasteiger partial charge in [-0.1, -0.05) is 6.07 Å². The molecule has 2 rings (SSSR count). The fourth-order valence-electron chi connectivity index (χ4n) is 1.66. The van der Waals surface area contributed by atoms with E-state index in [-0.39, 0.29) is 11.2 Å². The summed E-state index contributed by atoms with van der Waals surface area (Å²) in [6.07, 6.45) is 1.59. The number of hydrogen-bond donors (Lipinski definition) is 1. The number of carbonyl (C=O) groups is 1. The van der Waals surface area contributed by atoms with Crippen LogP contribution in [0.4, 0.5) is 0 Å². The van der Waals surface area contributed by atoms with Crippen molar-refractivity contribution >= 4 is 17.7 Å². The number of rotatable bonds is 6. The van der Waals surface area contributed by atoms with E-state index in [1.54, 1.807) is 19.4 Å². The lowest BCUT2D eigenvalue weighted by molar-refractivity contribution is -0.120. The summed E-state index contributed by atoms with van der Waals surface area (Å²) in [5.41, 5.74) is 0. The van der Waals surface area contributed by atoms with Crippen LogP contribution in [-0.2, 0) is 11.3 Å². The Morgan fingerprint density at radius 1 is 1.40 bits per heavy atom. The lowest BCUT2D eigenvalue weighted by Crippen LogP contribution is -2.30. The Kier molecular flexibility index (Phi) is 5.12. The van der Waals surface area contributed by atoms with Crippen LogP contribution in [-0.4, -0.2) is 18.3 Å². The molecule has 1 atom stereocenters. The third kappa shape index (κ3) is 4.06. The number of carbonyl (C=O) groups excluding carboxylic acids is 1. The highest BCUT2D eigenvalue weighted by atomic mass is 32.2. The van der Waals surface area contributed by atoms with Gasteiger partial charge in [-0.3, -0.25) is 4.79 Å². The summed E-state index contributed by atoms with van der Waals surface area (Å²) in [6, 6.07) is 11.3. The van der Waals surface area contributed by atoms with E-state index in [1.165, 1.54) is 11.8 Å². The van der Waals surface area contributed by atoms with Gasteiger partial charge in [-0.25, -0.2) is 0 Å². The maximum absolute atomic E-state index is 12.0. The Balaban J connectivity index is 1.86. The molecule has 1 heterocycles. The average molecular weight is 291 g/mol. The van der Waals surface area contributed by atoms with Crippen LogP contribution < -0.4 is 10.1 Å². The number of hydrogen-bond acceptors (Lipinski definition) is 4. The molecule has 20 heavy (non-hydrogen) atoms. The number of ether oxygens (including phenoxy) is 1. The first-order valence-electron chi connectivity index (χ1n) is 6.30. The minimum absolute atomic E-state index is 0.0192. The van der Waals surface area contributed by atoms with Gasteiger partial charge in [-0.05, 0) is 37.3 Å². The average Bonchev–Trinajstić information content (AvgIpc) is 2.98. The van der Waals surface area contributed by atoms with Crippen molar-refractivity contribution in [2.75, 3.05) is 7.11 Å². The van der Waals surface area contributed by atoms with Crippen LogP contribution in [0.1, 0.15) is 12.7 Å². The Morgan fingerprint density at radius 3 is 2.95 bits per heavy atom. The van der Waals surface area contributed by atoms with Crippen molar-refractivity contribution in [2.24, 2.45) is 0 Å². The number of thioether (sulfide) groups is 1. The summed E-state index contributed by atoms with van der Waals surface area (Å²) < 4.78 is 10.3. The number of amides is 1. The van der Waals surface area contributed by atoms with E-state index in [0.29, 0.717) is 6.54 Å². The van der Waals surface area contributed by atoms with Crippen molar-refractivity contribution < 1.29 is 13.9 Å². The maximum Gasteiger partial charge on any atom is 0.233 e. The fraction of sp³-hybridized carbons (Fsp3) is 0.267. The molecule has 106 valence electrons. The molecule has 1 aromatic heterocycles. The highest BCUT2D eigenvalue weighted by molar-refractivity contribution is 8.00. The second-order valence-electron chi connectivity index (χ2n) is 4.24. The molecular formula is C15H17NO3S. The van der Waals surface area contributed by atoms with E-state index in [4.69, 9.17) is 9.15 Å². The van der Waals surface area contributed by atoms with E-state index in [0.717, 1.165) is 16.4 Å². The first-order chi connectivity index (χ1) is 9.69. The number of benzene rings is 1. The zero-order valence-electron chi connectivity index (χ0n) is 11.5. The van der Waals surface area contributed by atoms with Crippen LogP contribution in [0.5, 0.6) is 5.75 Å². The normalized spacial score (nSPS) is 11.9. The van der Waals surface area contributed by atoms with Crippen LogP contribution in [0.2, 0.25) is 0 Å². The summed E-state index contributed by atoms with van der Waals surface area (Å²) in [6.45, 7) is 2.29. The molecule has 0 saturated carbocycles. The van der Waals surface area contributed by atoms with Gasteiger partial charge in [0, 0.05) is 4.90 Å². The monoisotopic (exact) mass is 291 g/mol. The summed E-state index contributed by atoms with van der Waals surface area (Å²) >= 11 is 1.50. The smallest absolute Gasteiger partial charge is 0.233 e. The van der Waals surface area contributed by atoms with Crippen LogP contribution in [0.25, 0.3) is 0 Å². The predicted octanol–water partition coefficient (Wildman–Crippen LogP) is 3.09. The molecule has 4 nitrogen and oxygen atoms in total. The van der Waals surface area contributed by atoms with E-state index in [9.17, 15) is 4.79 Å². The molecule has 0 bridgehead atoms. The molecule has 0 aliphatic heterocycles. The second-order valence-corrected chi connectivity index (χ2v) is 5.65. The predicted molar refractivity (Wildman–Crippen MR) is 78.9 cm³/mol. The lowest BCUT2D eigenvalue weighted by atomic mass is 10.3.